The van der Waals surface area contributed by atoms with E-state index in [1.807, 2.05) is 47.2 Å². The highest BCUT2D eigenvalue weighted by molar-refractivity contribution is 7.12. The molecule has 0 radical (unpaired) electrons. The number of unbranched alkanes of at least 4 members (excludes halogenated alkanes) is 1. The van der Waals surface area contributed by atoms with Crippen molar-refractivity contribution in [3.8, 4) is 5.75 Å². The van der Waals surface area contributed by atoms with Gasteiger partial charge in [0.25, 0.3) is 0 Å². The van der Waals surface area contributed by atoms with Crippen LogP contribution < -0.4 is 16.6 Å². The van der Waals surface area contributed by atoms with Crippen molar-refractivity contribution in [2.45, 2.75) is 114 Å². The Bertz CT molecular complexity index is 2500. The molecular weight excluding hydrogens is 829 g/mol. The third kappa shape index (κ3) is 9.83. The number of phenols is 1. The number of pyridine rings is 1. The Hall–Kier alpha value is -4.35. The lowest BCUT2D eigenvalue weighted by Crippen LogP contribution is -2.43. The van der Waals surface area contributed by atoms with Crippen LogP contribution in [0.3, 0.4) is 0 Å². The highest BCUT2D eigenvalue weighted by Gasteiger charge is 2.45. The van der Waals surface area contributed by atoms with Crippen LogP contribution in [0.5, 0.6) is 5.75 Å². The molecule has 2 aromatic carbocycles. The summed E-state index contributed by atoms with van der Waals surface area (Å²) in [6.45, 7) is 13.4. The van der Waals surface area contributed by atoms with Crippen LogP contribution in [0, 0.1) is 0 Å². The number of hydrogen-bond donors (Lipinski definition) is 4. The zero-order chi connectivity index (χ0) is 43.5. The molecule has 4 heterocycles. The molecule has 1 saturated carbocycles. The number of hydrogen-bond acceptors (Lipinski definition) is 12. The van der Waals surface area contributed by atoms with Crippen molar-refractivity contribution in [1.82, 2.24) is 19.8 Å². The number of phenolic OH excluding ortho intramolecular Hbond substituents is 1. The van der Waals surface area contributed by atoms with Crippen molar-refractivity contribution in [3.05, 3.63) is 119 Å². The van der Waals surface area contributed by atoms with Crippen molar-refractivity contribution in [2.75, 3.05) is 20.1 Å². The lowest BCUT2D eigenvalue weighted by Gasteiger charge is -2.39. The Morgan fingerprint density at radius 2 is 1.70 bits per heavy atom. The molecule has 0 aliphatic heterocycles. The minimum atomic E-state index is -2.24. The maximum Gasteiger partial charge on any atom is 0.419 e. The molecule has 0 saturated heterocycles. The van der Waals surface area contributed by atoms with Gasteiger partial charge in [-0.2, -0.15) is 0 Å². The maximum absolute atomic E-state index is 13.4. The van der Waals surface area contributed by atoms with E-state index in [1.54, 1.807) is 28.8 Å². The molecule has 0 bridgehead atoms. The van der Waals surface area contributed by atoms with E-state index in [-0.39, 0.29) is 34.3 Å². The van der Waals surface area contributed by atoms with Gasteiger partial charge in [0.15, 0.2) is 13.9 Å². The molecule has 61 heavy (non-hydrogen) atoms. The highest BCUT2D eigenvalue weighted by atomic mass is 32.1. The number of H-pyrrole nitrogens is 1. The molecule has 15 heteroatoms. The number of thiophene rings is 2. The van der Waals surface area contributed by atoms with Gasteiger partial charge in [0.1, 0.15) is 11.9 Å². The van der Waals surface area contributed by atoms with Gasteiger partial charge in [0.05, 0.1) is 26.9 Å². The zero-order valence-corrected chi connectivity index (χ0v) is 38.5. The summed E-state index contributed by atoms with van der Waals surface area (Å²) in [5.41, 5.74) is 1.47. The lowest BCUT2D eigenvalue weighted by atomic mass is 9.91. The summed E-state index contributed by atoms with van der Waals surface area (Å²) in [6, 6.07) is 20.1. The first-order chi connectivity index (χ1) is 29.0. The van der Waals surface area contributed by atoms with E-state index in [0.717, 1.165) is 67.1 Å². The number of oxazole rings is 1. The predicted molar refractivity (Wildman–Crippen MR) is 245 cm³/mol. The summed E-state index contributed by atoms with van der Waals surface area (Å²) in [5, 5.41) is 30.1. The summed E-state index contributed by atoms with van der Waals surface area (Å²) in [7, 11) is -0.106. The summed E-state index contributed by atoms with van der Waals surface area (Å²) in [6.07, 6.45) is 4.41. The van der Waals surface area contributed by atoms with Crippen LogP contribution in [-0.4, -0.2) is 71.2 Å². The van der Waals surface area contributed by atoms with E-state index >= 15 is 0 Å². The van der Waals surface area contributed by atoms with Gasteiger partial charge in [0, 0.05) is 37.1 Å². The summed E-state index contributed by atoms with van der Waals surface area (Å²) in [5.74, 6) is -0.967. The summed E-state index contributed by atoms with van der Waals surface area (Å²) < 4.78 is 20.3. The average molecular weight is 887 g/mol. The molecular formula is C46H58N4O8S2Si. The van der Waals surface area contributed by atoms with Crippen molar-refractivity contribution < 1.29 is 28.6 Å². The molecule has 4 N–H and O–H groups in total. The highest BCUT2D eigenvalue weighted by Crippen LogP contribution is 2.42. The monoisotopic (exact) mass is 886 g/mol. The van der Waals surface area contributed by atoms with Gasteiger partial charge < -0.3 is 39.0 Å². The van der Waals surface area contributed by atoms with Crippen molar-refractivity contribution in [3.63, 3.8) is 0 Å². The third-order valence-electron chi connectivity index (χ3n) is 12.6. The van der Waals surface area contributed by atoms with Gasteiger partial charge in [0.2, 0.25) is 11.2 Å². The minimum absolute atomic E-state index is 0.0110. The fourth-order valence-electron chi connectivity index (χ4n) is 8.01. The number of aromatic amines is 1. The number of rotatable bonds is 17. The van der Waals surface area contributed by atoms with Gasteiger partial charge in [-0.3, -0.25) is 9.36 Å². The number of aliphatic hydroxyl groups is 1. The molecule has 1 atom stereocenters. The van der Waals surface area contributed by atoms with Gasteiger partial charge in [-0.15, -0.1) is 22.7 Å². The van der Waals surface area contributed by atoms with E-state index in [0.29, 0.717) is 46.5 Å². The molecule has 1 aliphatic carbocycles. The zero-order valence-electron chi connectivity index (χ0n) is 35.9. The van der Waals surface area contributed by atoms with Gasteiger partial charge >= 0.3 is 11.7 Å². The first kappa shape index (κ1) is 44.7. The number of aromatic hydroxyl groups is 1. The topological polar surface area (TPSA) is 159 Å². The predicted octanol–water partition coefficient (Wildman–Crippen LogP) is 8.62. The Balaban J connectivity index is 0.905. The number of aromatic nitrogens is 2. The second kappa shape index (κ2) is 18.6. The number of benzene rings is 2. The van der Waals surface area contributed by atoms with Crippen LogP contribution >= 0.6 is 22.7 Å². The maximum atomic E-state index is 13.4. The second-order valence-corrected chi connectivity index (χ2v) is 24.4. The summed E-state index contributed by atoms with van der Waals surface area (Å²) in [4.78, 5) is 44.8. The van der Waals surface area contributed by atoms with Gasteiger partial charge in [-0.25, -0.2) is 9.59 Å². The molecule has 326 valence electrons. The quantitative estimate of drug-likeness (QED) is 0.0397. The number of carbonyl (C=O) groups excluding carboxylic acids is 1. The number of aryl methyl sites for hydroxylation is 1. The fourth-order valence-corrected chi connectivity index (χ4v) is 11.0. The molecule has 6 aromatic rings. The van der Waals surface area contributed by atoms with Gasteiger partial charge in [-0.05, 0) is 129 Å². The normalized spacial score (nSPS) is 17.0. The van der Waals surface area contributed by atoms with Crippen molar-refractivity contribution in [1.29, 1.82) is 0 Å². The number of carbonyl (C=O) groups is 1. The summed E-state index contributed by atoms with van der Waals surface area (Å²) >= 11 is 2.69. The number of nitrogens with zero attached hydrogens (tertiary/aromatic N) is 2. The molecule has 12 nitrogen and oxygen atoms in total. The van der Waals surface area contributed by atoms with Crippen LogP contribution in [0.25, 0.3) is 22.0 Å². The smallest absolute Gasteiger partial charge is 0.419 e. The number of esters is 1. The Labute approximate surface area is 365 Å². The van der Waals surface area contributed by atoms with E-state index in [2.05, 4.69) is 56.1 Å². The van der Waals surface area contributed by atoms with E-state index < -0.39 is 19.9 Å². The molecule has 7 rings (SSSR count). The number of nitrogens with one attached hydrogen (secondary N) is 2. The number of fused-ring (bicyclic) bond motifs is 2. The molecule has 4 aromatic heterocycles. The molecule has 0 spiro atoms. The molecule has 0 unspecified atom stereocenters. The van der Waals surface area contributed by atoms with E-state index in [9.17, 15) is 24.6 Å². The Morgan fingerprint density at radius 1 is 1.00 bits per heavy atom. The number of ether oxygens (including phenoxy) is 1. The molecule has 1 fully saturated rings. The van der Waals surface area contributed by atoms with Crippen LogP contribution in [0.4, 0.5) is 0 Å². The Morgan fingerprint density at radius 3 is 2.36 bits per heavy atom. The fraction of sp³-hybridized carbons (Fsp3) is 0.457. The van der Waals surface area contributed by atoms with Crippen LogP contribution in [-0.2, 0) is 32.6 Å². The second-order valence-electron chi connectivity index (χ2n) is 17.8. The first-order valence-electron chi connectivity index (χ1n) is 21.1. The standard InChI is InChI=1S/C46H58N4O8S2Si/c1-45(2,3)61(5,6)58-38(33-18-21-36(51)42-34(33)19-22-41(52)48-42)29-47-28-30-13-20-35-37(27-30)57-44(54)50(35)24-8-7-23-49(4)31-14-16-32(17-15-31)56-43(53)46(55,39-11-9-25-59-39)40-12-10-26-60-40/h9-13,18-22,25-27,31-32,38,47,51,55H,7-8,14-17,23-24,28-29H2,1-6H3,(H,48,52)/t31?,32?,38-/m0/s1. The van der Waals surface area contributed by atoms with Gasteiger partial charge in [-0.1, -0.05) is 45.0 Å². The molecule has 0 amide bonds. The minimum Gasteiger partial charge on any atom is -0.506 e. The average Bonchev–Trinajstić information content (AvgIpc) is 4.02. The third-order valence-corrected chi connectivity index (χ3v) is 19.1. The largest absolute Gasteiger partial charge is 0.506 e. The van der Waals surface area contributed by atoms with Crippen LogP contribution in [0.1, 0.15) is 86.3 Å². The van der Waals surface area contributed by atoms with Crippen molar-refractivity contribution in [2.24, 2.45) is 0 Å². The van der Waals surface area contributed by atoms with Crippen LogP contribution in [0.15, 0.2) is 91.5 Å². The lowest BCUT2D eigenvalue weighted by molar-refractivity contribution is -0.169. The van der Waals surface area contributed by atoms with E-state index in [1.165, 1.54) is 28.7 Å². The first-order valence-corrected chi connectivity index (χ1v) is 25.8. The van der Waals surface area contributed by atoms with E-state index in [4.69, 9.17) is 13.6 Å². The molecule has 1 aliphatic rings. The Kier molecular flexibility index (Phi) is 13.6. The van der Waals surface area contributed by atoms with Crippen molar-refractivity contribution >= 4 is 59.0 Å². The van der Waals surface area contributed by atoms with Crippen LogP contribution in [0.2, 0.25) is 18.1 Å². The SMILES string of the molecule is CN(CCCCn1c(=O)oc2cc(CNC[C@H](O[Si](C)(C)C(C)(C)C)c3ccc(O)c4[nH]c(=O)ccc34)ccc21)C1CCC(OC(=O)C(O)(c2cccs2)c2cccs2)CC1.